The second kappa shape index (κ2) is 7.89. The summed E-state index contributed by atoms with van der Waals surface area (Å²) in [5.41, 5.74) is 0. The standard InChI is InChI=1S/C14H22N4O3.ClH/c1-10-16-13(17-21-10)7-11-3-2-5-18(8-11)14(19)12-9-20-6-4-15-12;/h11-12,15H,2-9H2,1H3;1H. The number of aryl methyl sites for hydroxylation is 1. The Morgan fingerprint density at radius 3 is 3.05 bits per heavy atom. The van der Waals surface area contributed by atoms with E-state index >= 15 is 0 Å². The molecule has 1 N–H and O–H groups in total. The number of aromatic nitrogens is 2. The van der Waals surface area contributed by atoms with Crippen LogP contribution in [0.15, 0.2) is 4.52 Å². The molecule has 3 rings (SSSR count). The number of morpholine rings is 1. The molecule has 7 nitrogen and oxygen atoms in total. The first-order chi connectivity index (χ1) is 10.2. The van der Waals surface area contributed by atoms with Crippen LogP contribution in [0.5, 0.6) is 0 Å². The third-order valence-corrected chi connectivity index (χ3v) is 4.09. The molecule has 1 aromatic rings. The Balaban J connectivity index is 0.00000176. The Bertz CT molecular complexity index is 490. The van der Waals surface area contributed by atoms with Crippen molar-refractivity contribution in [3.63, 3.8) is 0 Å². The van der Waals surface area contributed by atoms with E-state index in [4.69, 9.17) is 9.26 Å². The number of ether oxygens (including phenoxy) is 1. The minimum Gasteiger partial charge on any atom is -0.378 e. The summed E-state index contributed by atoms with van der Waals surface area (Å²) in [6.45, 7) is 5.30. The molecular formula is C14H23ClN4O3. The van der Waals surface area contributed by atoms with E-state index < -0.39 is 0 Å². The lowest BCUT2D eigenvalue weighted by atomic mass is 9.94. The molecule has 0 aliphatic carbocycles. The molecule has 0 saturated carbocycles. The van der Waals surface area contributed by atoms with Gasteiger partial charge in [-0.25, -0.2) is 0 Å². The molecule has 2 aliphatic heterocycles. The first-order valence-electron chi connectivity index (χ1n) is 7.61. The van der Waals surface area contributed by atoms with E-state index in [0.717, 1.165) is 44.7 Å². The summed E-state index contributed by atoms with van der Waals surface area (Å²) in [5.74, 6) is 1.90. The minimum absolute atomic E-state index is 0. The van der Waals surface area contributed by atoms with Crippen molar-refractivity contribution in [1.82, 2.24) is 20.4 Å². The quantitative estimate of drug-likeness (QED) is 0.872. The molecule has 0 radical (unpaired) electrons. The second-order valence-electron chi connectivity index (χ2n) is 5.81. The fourth-order valence-electron chi connectivity index (χ4n) is 3.06. The molecule has 2 unspecified atom stereocenters. The number of carbonyl (C=O) groups is 1. The van der Waals surface area contributed by atoms with E-state index in [0.29, 0.717) is 25.0 Å². The lowest BCUT2D eigenvalue weighted by Gasteiger charge is -2.35. The van der Waals surface area contributed by atoms with Crippen molar-refractivity contribution < 1.29 is 14.1 Å². The molecule has 3 heterocycles. The maximum absolute atomic E-state index is 12.5. The van der Waals surface area contributed by atoms with Gasteiger partial charge in [-0.05, 0) is 18.8 Å². The SMILES string of the molecule is Cc1nc(CC2CCCN(C(=O)C3COCCN3)C2)no1.Cl. The second-order valence-corrected chi connectivity index (χ2v) is 5.81. The van der Waals surface area contributed by atoms with Crippen LogP contribution in [0.3, 0.4) is 0 Å². The molecule has 0 spiro atoms. The molecular weight excluding hydrogens is 308 g/mol. The zero-order valence-corrected chi connectivity index (χ0v) is 13.6. The van der Waals surface area contributed by atoms with Gasteiger partial charge in [-0.1, -0.05) is 5.16 Å². The van der Waals surface area contributed by atoms with Gasteiger partial charge in [-0.3, -0.25) is 4.79 Å². The summed E-state index contributed by atoms with van der Waals surface area (Å²) in [6.07, 6.45) is 2.91. The molecule has 8 heteroatoms. The van der Waals surface area contributed by atoms with Crippen LogP contribution in [0, 0.1) is 12.8 Å². The van der Waals surface area contributed by atoms with Crippen LogP contribution in [0.4, 0.5) is 0 Å². The van der Waals surface area contributed by atoms with Crippen LogP contribution >= 0.6 is 12.4 Å². The fourth-order valence-corrected chi connectivity index (χ4v) is 3.06. The highest BCUT2D eigenvalue weighted by Crippen LogP contribution is 2.20. The van der Waals surface area contributed by atoms with E-state index in [1.807, 2.05) is 4.90 Å². The Hall–Kier alpha value is -1.18. The van der Waals surface area contributed by atoms with Gasteiger partial charge in [0.1, 0.15) is 6.04 Å². The zero-order chi connectivity index (χ0) is 14.7. The van der Waals surface area contributed by atoms with Crippen molar-refractivity contribution >= 4 is 18.3 Å². The average molecular weight is 331 g/mol. The molecule has 2 fully saturated rings. The van der Waals surface area contributed by atoms with Crippen molar-refractivity contribution in [1.29, 1.82) is 0 Å². The van der Waals surface area contributed by atoms with Crippen molar-refractivity contribution in [2.45, 2.75) is 32.2 Å². The highest BCUT2D eigenvalue weighted by molar-refractivity contribution is 5.85. The van der Waals surface area contributed by atoms with Crippen molar-refractivity contribution in [2.24, 2.45) is 5.92 Å². The number of rotatable bonds is 3. The van der Waals surface area contributed by atoms with Crippen LogP contribution in [-0.2, 0) is 16.0 Å². The van der Waals surface area contributed by atoms with Gasteiger partial charge in [0.05, 0.1) is 13.2 Å². The normalized spacial score (nSPS) is 25.6. The van der Waals surface area contributed by atoms with Gasteiger partial charge in [0.2, 0.25) is 11.8 Å². The molecule has 1 amide bonds. The van der Waals surface area contributed by atoms with Crippen molar-refractivity contribution in [3.8, 4) is 0 Å². The van der Waals surface area contributed by atoms with Crippen LogP contribution in [-0.4, -0.2) is 59.8 Å². The molecule has 2 aliphatic rings. The van der Waals surface area contributed by atoms with Gasteiger partial charge in [0.15, 0.2) is 5.82 Å². The number of nitrogens with one attached hydrogen (secondary N) is 1. The zero-order valence-electron chi connectivity index (χ0n) is 12.8. The van der Waals surface area contributed by atoms with Crippen LogP contribution in [0.1, 0.15) is 24.6 Å². The van der Waals surface area contributed by atoms with E-state index in [1.54, 1.807) is 6.92 Å². The van der Waals surface area contributed by atoms with E-state index in [9.17, 15) is 4.79 Å². The van der Waals surface area contributed by atoms with E-state index in [2.05, 4.69) is 15.5 Å². The summed E-state index contributed by atoms with van der Waals surface area (Å²) in [6, 6.07) is -0.190. The number of piperidine rings is 1. The molecule has 0 bridgehead atoms. The molecule has 2 saturated heterocycles. The third-order valence-electron chi connectivity index (χ3n) is 4.09. The first-order valence-corrected chi connectivity index (χ1v) is 7.61. The fraction of sp³-hybridized carbons (Fsp3) is 0.786. The Kier molecular flexibility index (Phi) is 6.16. The first kappa shape index (κ1) is 17.2. The summed E-state index contributed by atoms with van der Waals surface area (Å²) >= 11 is 0. The summed E-state index contributed by atoms with van der Waals surface area (Å²) in [4.78, 5) is 18.7. The van der Waals surface area contributed by atoms with E-state index in [-0.39, 0.29) is 24.4 Å². The van der Waals surface area contributed by atoms with Crippen LogP contribution in [0.25, 0.3) is 0 Å². The maximum atomic E-state index is 12.5. The largest absolute Gasteiger partial charge is 0.378 e. The molecule has 0 aromatic carbocycles. The Morgan fingerprint density at radius 1 is 1.50 bits per heavy atom. The van der Waals surface area contributed by atoms with Crippen molar-refractivity contribution in [2.75, 3.05) is 32.8 Å². The number of nitrogens with zero attached hydrogens (tertiary/aromatic N) is 3. The highest BCUT2D eigenvalue weighted by atomic mass is 35.5. The molecule has 1 aromatic heterocycles. The lowest BCUT2D eigenvalue weighted by molar-refractivity contribution is -0.138. The van der Waals surface area contributed by atoms with E-state index in [1.165, 1.54) is 0 Å². The number of likely N-dealkylation sites (tertiary alicyclic amines) is 1. The molecule has 22 heavy (non-hydrogen) atoms. The number of hydrogen-bond acceptors (Lipinski definition) is 6. The summed E-state index contributed by atoms with van der Waals surface area (Å²) < 4.78 is 10.4. The van der Waals surface area contributed by atoms with Crippen molar-refractivity contribution in [3.05, 3.63) is 11.7 Å². The lowest BCUT2D eigenvalue weighted by Crippen LogP contribution is -2.54. The number of halogens is 1. The topological polar surface area (TPSA) is 80.5 Å². The number of carbonyl (C=O) groups excluding carboxylic acids is 1. The smallest absolute Gasteiger partial charge is 0.242 e. The molecule has 124 valence electrons. The van der Waals surface area contributed by atoms with Gasteiger partial charge in [0.25, 0.3) is 0 Å². The highest BCUT2D eigenvalue weighted by Gasteiger charge is 2.30. The third kappa shape index (κ3) is 4.18. The Labute approximate surface area is 136 Å². The minimum atomic E-state index is -0.190. The predicted molar refractivity (Wildman–Crippen MR) is 81.9 cm³/mol. The van der Waals surface area contributed by atoms with Crippen LogP contribution < -0.4 is 5.32 Å². The number of amides is 1. The monoisotopic (exact) mass is 330 g/mol. The van der Waals surface area contributed by atoms with Gasteiger partial charge in [-0.2, -0.15) is 4.98 Å². The predicted octanol–water partition coefficient (Wildman–Crippen LogP) is 0.569. The van der Waals surface area contributed by atoms with Gasteiger partial charge in [0, 0.05) is 33.0 Å². The Morgan fingerprint density at radius 2 is 2.36 bits per heavy atom. The van der Waals surface area contributed by atoms with Gasteiger partial charge >= 0.3 is 0 Å². The maximum Gasteiger partial charge on any atom is 0.242 e. The summed E-state index contributed by atoms with van der Waals surface area (Å²) in [5, 5.41) is 7.18. The van der Waals surface area contributed by atoms with Gasteiger partial charge in [-0.15, -0.1) is 12.4 Å². The number of hydrogen-bond donors (Lipinski definition) is 1. The van der Waals surface area contributed by atoms with Crippen LogP contribution in [0.2, 0.25) is 0 Å². The average Bonchev–Trinajstić information content (AvgIpc) is 2.93. The summed E-state index contributed by atoms with van der Waals surface area (Å²) in [7, 11) is 0. The molecule has 2 atom stereocenters. The van der Waals surface area contributed by atoms with Gasteiger partial charge < -0.3 is 19.5 Å².